The van der Waals surface area contributed by atoms with Crippen LogP contribution in [0.3, 0.4) is 0 Å². The Morgan fingerprint density at radius 2 is 2.10 bits per heavy atom. The SMILES string of the molecule is OB(c1ccccc1)C1CC2O[C@]34CO[C@H](CO3)CC214. The first-order valence-electron chi connectivity index (χ1n) is 7.42. The largest absolute Gasteiger partial charge is 0.446 e. The van der Waals surface area contributed by atoms with E-state index in [1.165, 1.54) is 0 Å². The number of hydrogen-bond acceptors (Lipinski definition) is 4. The summed E-state index contributed by atoms with van der Waals surface area (Å²) in [5.41, 5.74) is 0.971. The van der Waals surface area contributed by atoms with E-state index in [0.717, 1.165) is 18.3 Å². The lowest BCUT2D eigenvalue weighted by molar-refractivity contribution is -0.521. The molecular formula is C15H17BO4. The molecule has 1 saturated carbocycles. The predicted octanol–water partition coefficient (Wildman–Crippen LogP) is 0.552. The Morgan fingerprint density at radius 3 is 2.75 bits per heavy atom. The average Bonchev–Trinajstić information content (AvgIpc) is 2.52. The van der Waals surface area contributed by atoms with Crippen molar-refractivity contribution < 1.29 is 19.2 Å². The molecule has 4 heterocycles. The molecule has 5 fully saturated rings. The van der Waals surface area contributed by atoms with E-state index in [9.17, 15) is 5.02 Å². The fraction of sp³-hybridized carbons (Fsp3) is 0.600. The summed E-state index contributed by atoms with van der Waals surface area (Å²) < 4.78 is 17.7. The lowest BCUT2D eigenvalue weighted by atomic mass is 9.30. The van der Waals surface area contributed by atoms with Crippen LogP contribution in [0.25, 0.3) is 0 Å². The van der Waals surface area contributed by atoms with Crippen molar-refractivity contribution in [3.05, 3.63) is 30.3 Å². The van der Waals surface area contributed by atoms with Crippen molar-refractivity contribution in [2.75, 3.05) is 13.2 Å². The summed E-state index contributed by atoms with van der Waals surface area (Å²) in [6, 6.07) is 9.93. The first kappa shape index (κ1) is 11.7. The van der Waals surface area contributed by atoms with Gasteiger partial charge in [-0.25, -0.2) is 0 Å². The first-order chi connectivity index (χ1) is 9.75. The Hall–Kier alpha value is -0.875. The van der Waals surface area contributed by atoms with Gasteiger partial charge in [0.05, 0.1) is 24.2 Å². The third-order valence-electron chi connectivity index (χ3n) is 5.85. The quantitative estimate of drug-likeness (QED) is 0.799. The molecule has 0 amide bonds. The standard InChI is InChI=1S/C15H17BO4/c17-16(10-4-2-1-3-5-10)12-6-13-14(12)7-11-8-19-15(14,20-13)9-18-11/h1-5,11-13,17H,6-9H2/t11-,12?,13?,14?,15-/m0/s1. The summed E-state index contributed by atoms with van der Waals surface area (Å²) in [6.45, 7) is 0.714. The van der Waals surface area contributed by atoms with Crippen LogP contribution >= 0.6 is 0 Å². The number of hydrogen-bond donors (Lipinski definition) is 1. The Labute approximate surface area is 118 Å². The minimum atomic E-state index is -0.578. The van der Waals surface area contributed by atoms with Crippen molar-refractivity contribution in [2.45, 2.75) is 36.7 Å². The van der Waals surface area contributed by atoms with E-state index in [2.05, 4.69) is 0 Å². The lowest BCUT2D eigenvalue weighted by Gasteiger charge is -2.77. The van der Waals surface area contributed by atoms with Crippen LogP contribution in [0.5, 0.6) is 0 Å². The molecule has 1 aromatic carbocycles. The van der Waals surface area contributed by atoms with Crippen molar-refractivity contribution in [2.24, 2.45) is 5.41 Å². The van der Waals surface area contributed by atoms with Gasteiger partial charge in [-0.1, -0.05) is 30.3 Å². The summed E-state index contributed by atoms with van der Waals surface area (Å²) in [7, 11) is 0. The summed E-state index contributed by atoms with van der Waals surface area (Å²) in [5, 5.41) is 10.8. The third kappa shape index (κ3) is 1.15. The van der Waals surface area contributed by atoms with E-state index in [4.69, 9.17) is 14.2 Å². The van der Waals surface area contributed by atoms with Gasteiger partial charge in [0.1, 0.15) is 6.61 Å². The van der Waals surface area contributed by atoms with E-state index < -0.39 is 12.7 Å². The molecule has 4 saturated heterocycles. The maximum atomic E-state index is 10.8. The fourth-order valence-corrected chi connectivity index (χ4v) is 4.80. The number of rotatable bonds is 2. The van der Waals surface area contributed by atoms with E-state index in [1.807, 2.05) is 30.3 Å². The van der Waals surface area contributed by atoms with Gasteiger partial charge < -0.3 is 19.2 Å². The smallest absolute Gasteiger partial charge is 0.327 e. The second-order valence-corrected chi connectivity index (χ2v) is 6.55. The average molecular weight is 272 g/mol. The molecule has 1 N–H and O–H groups in total. The zero-order valence-electron chi connectivity index (χ0n) is 11.2. The van der Waals surface area contributed by atoms with Crippen LogP contribution in [-0.4, -0.2) is 43.1 Å². The van der Waals surface area contributed by atoms with Gasteiger partial charge in [0.15, 0.2) is 5.79 Å². The Kier molecular flexibility index (Phi) is 2.15. The van der Waals surface area contributed by atoms with Gasteiger partial charge in [0.25, 0.3) is 0 Å². The summed E-state index contributed by atoms with van der Waals surface area (Å²) in [5.74, 6) is -0.360. The van der Waals surface area contributed by atoms with Crippen molar-refractivity contribution >= 4 is 12.4 Å². The van der Waals surface area contributed by atoms with Crippen molar-refractivity contribution in [1.82, 2.24) is 0 Å². The highest BCUT2D eigenvalue weighted by molar-refractivity contribution is 6.68. The molecule has 5 aliphatic rings. The maximum Gasteiger partial charge on any atom is 0.327 e. The van der Waals surface area contributed by atoms with Crippen LogP contribution in [0, 0.1) is 5.41 Å². The van der Waals surface area contributed by atoms with Crippen LogP contribution in [0.1, 0.15) is 12.8 Å². The lowest BCUT2D eigenvalue weighted by Crippen LogP contribution is -2.86. The van der Waals surface area contributed by atoms with Crippen molar-refractivity contribution in [3.8, 4) is 0 Å². The van der Waals surface area contributed by atoms with Crippen LogP contribution in [0.4, 0.5) is 0 Å². The molecule has 6 rings (SSSR count). The maximum absolute atomic E-state index is 10.8. The summed E-state index contributed by atoms with van der Waals surface area (Å²) in [6.07, 6.45) is 2.31. The monoisotopic (exact) mass is 272 g/mol. The molecular weight excluding hydrogens is 255 g/mol. The molecule has 3 unspecified atom stereocenters. The van der Waals surface area contributed by atoms with Crippen LogP contribution in [0.15, 0.2) is 30.3 Å². The highest BCUT2D eigenvalue weighted by atomic mass is 16.8. The normalized spacial score (nSPS) is 47.8. The highest BCUT2D eigenvalue weighted by Gasteiger charge is 2.82. The minimum Gasteiger partial charge on any atom is -0.446 e. The second kappa shape index (κ2) is 3.66. The molecule has 20 heavy (non-hydrogen) atoms. The van der Waals surface area contributed by atoms with Gasteiger partial charge in [-0.2, -0.15) is 0 Å². The predicted molar refractivity (Wildman–Crippen MR) is 72.8 cm³/mol. The van der Waals surface area contributed by atoms with Gasteiger partial charge in [-0.3, -0.25) is 0 Å². The molecule has 5 atom stereocenters. The molecule has 104 valence electrons. The van der Waals surface area contributed by atoms with Crippen molar-refractivity contribution in [3.63, 3.8) is 0 Å². The van der Waals surface area contributed by atoms with Crippen LogP contribution in [0.2, 0.25) is 5.82 Å². The van der Waals surface area contributed by atoms with E-state index in [1.54, 1.807) is 0 Å². The molecule has 4 nitrogen and oxygen atoms in total. The molecule has 1 aromatic rings. The zero-order chi connectivity index (χ0) is 13.4. The molecule has 1 aliphatic carbocycles. The highest BCUT2D eigenvalue weighted by Crippen LogP contribution is 2.74. The third-order valence-corrected chi connectivity index (χ3v) is 5.85. The van der Waals surface area contributed by atoms with Crippen molar-refractivity contribution in [1.29, 1.82) is 0 Å². The molecule has 0 radical (unpaired) electrons. The second-order valence-electron chi connectivity index (χ2n) is 6.55. The fourth-order valence-electron chi connectivity index (χ4n) is 4.80. The van der Waals surface area contributed by atoms with Gasteiger partial charge in [-0.05, 0) is 24.1 Å². The topological polar surface area (TPSA) is 47.9 Å². The van der Waals surface area contributed by atoms with Crippen LogP contribution in [-0.2, 0) is 14.2 Å². The molecule has 4 aliphatic heterocycles. The van der Waals surface area contributed by atoms with Gasteiger partial charge in [-0.15, -0.1) is 0 Å². The van der Waals surface area contributed by atoms with E-state index >= 15 is 0 Å². The Bertz CT molecular complexity index is 537. The summed E-state index contributed by atoms with van der Waals surface area (Å²) in [4.78, 5) is 0. The Balaban J connectivity index is 1.49. The zero-order valence-corrected chi connectivity index (χ0v) is 11.2. The number of fused-ring (bicyclic) bond motifs is 2. The van der Waals surface area contributed by atoms with E-state index in [-0.39, 0.29) is 23.4 Å². The number of ether oxygens (including phenoxy) is 3. The molecule has 0 aromatic heterocycles. The molecule has 2 spiro atoms. The van der Waals surface area contributed by atoms with Crippen LogP contribution < -0.4 is 5.46 Å². The molecule has 2 bridgehead atoms. The Morgan fingerprint density at radius 1 is 1.25 bits per heavy atom. The van der Waals surface area contributed by atoms with Gasteiger partial charge in [0, 0.05) is 0 Å². The first-order valence-corrected chi connectivity index (χ1v) is 7.42. The van der Waals surface area contributed by atoms with Gasteiger partial charge in [0.2, 0.25) is 0 Å². The number of benzene rings is 1. The van der Waals surface area contributed by atoms with Gasteiger partial charge >= 0.3 is 6.92 Å². The molecule has 5 heteroatoms. The summed E-state index contributed by atoms with van der Waals surface area (Å²) >= 11 is 0. The van der Waals surface area contributed by atoms with E-state index in [0.29, 0.717) is 13.2 Å². The minimum absolute atomic E-state index is 0.0244.